The Balaban J connectivity index is 2.02. The molecule has 0 spiro atoms. The summed E-state index contributed by atoms with van der Waals surface area (Å²) in [6, 6.07) is 21.0. The molecule has 0 saturated carbocycles. The van der Waals surface area contributed by atoms with Crippen molar-refractivity contribution in [2.24, 2.45) is 5.92 Å². The molecule has 0 bridgehead atoms. The molecule has 1 saturated heterocycles. The zero-order chi connectivity index (χ0) is 24.3. The van der Waals surface area contributed by atoms with Gasteiger partial charge in [-0.15, -0.1) is 0 Å². The third kappa shape index (κ3) is 5.86. The minimum atomic E-state index is -2.75. The topological polar surface area (TPSA) is 59.0 Å². The molecule has 0 radical (unpaired) electrons. The van der Waals surface area contributed by atoms with Gasteiger partial charge >= 0.3 is 6.09 Å². The van der Waals surface area contributed by atoms with Crippen LogP contribution in [0.25, 0.3) is 0 Å². The Hall–Kier alpha value is -2.15. The average Bonchev–Trinajstić information content (AvgIpc) is 2.76. The lowest BCUT2D eigenvalue weighted by Crippen LogP contribution is -2.69. The molecule has 0 aromatic heterocycles. The van der Waals surface area contributed by atoms with Crippen LogP contribution in [0, 0.1) is 5.92 Å². The molecule has 3 rings (SSSR count). The summed E-state index contributed by atoms with van der Waals surface area (Å²) in [5, 5.41) is 12.3. The number of nitrogens with zero attached hydrogens (tertiary/aromatic N) is 1. The maximum absolute atomic E-state index is 12.9. The number of hydrogen-bond donors (Lipinski definition) is 1. The summed E-state index contributed by atoms with van der Waals surface area (Å²) >= 11 is 0. The van der Waals surface area contributed by atoms with Crippen LogP contribution in [0.5, 0.6) is 0 Å². The summed E-state index contributed by atoms with van der Waals surface area (Å²) in [6.45, 7) is 13.3. The van der Waals surface area contributed by atoms with E-state index in [9.17, 15) is 9.90 Å². The number of hydrogen-bond acceptors (Lipinski definition) is 4. The summed E-state index contributed by atoms with van der Waals surface area (Å²) in [7, 11) is -2.75. The third-order valence-corrected chi connectivity index (χ3v) is 11.3. The Morgan fingerprint density at radius 1 is 0.939 bits per heavy atom. The number of piperidine rings is 1. The molecule has 6 heteroatoms. The predicted octanol–water partition coefficient (Wildman–Crippen LogP) is 4.18. The van der Waals surface area contributed by atoms with Crippen molar-refractivity contribution in [3.05, 3.63) is 60.7 Å². The molecule has 5 nitrogen and oxygen atoms in total. The Morgan fingerprint density at radius 3 is 1.88 bits per heavy atom. The number of rotatable bonds is 5. The van der Waals surface area contributed by atoms with Gasteiger partial charge in [-0.3, -0.25) is 0 Å². The lowest BCUT2D eigenvalue weighted by atomic mass is 9.97. The number of amides is 1. The average molecular weight is 470 g/mol. The highest BCUT2D eigenvalue weighted by Gasteiger charge is 2.52. The Kier molecular flexibility index (Phi) is 7.71. The molecule has 1 aliphatic rings. The van der Waals surface area contributed by atoms with Gasteiger partial charge in [-0.05, 0) is 42.6 Å². The molecule has 1 amide bonds. The van der Waals surface area contributed by atoms with Gasteiger partial charge in [-0.1, -0.05) is 81.4 Å². The highest BCUT2D eigenvalue weighted by atomic mass is 28.4. The van der Waals surface area contributed by atoms with Crippen LogP contribution in [0.2, 0.25) is 5.04 Å². The Labute approximate surface area is 199 Å². The van der Waals surface area contributed by atoms with E-state index in [2.05, 4.69) is 69.3 Å². The van der Waals surface area contributed by atoms with Gasteiger partial charge < -0.3 is 19.2 Å². The minimum Gasteiger partial charge on any atom is -0.444 e. The first-order valence-electron chi connectivity index (χ1n) is 11.8. The van der Waals surface area contributed by atoms with Crippen LogP contribution in [0.15, 0.2) is 60.7 Å². The summed E-state index contributed by atoms with van der Waals surface area (Å²) in [5.74, 6) is -0.0468. The van der Waals surface area contributed by atoms with E-state index in [0.29, 0.717) is 19.5 Å². The molecule has 2 aromatic carbocycles. The molecule has 33 heavy (non-hydrogen) atoms. The number of ether oxygens (including phenoxy) is 1. The van der Waals surface area contributed by atoms with E-state index >= 15 is 0 Å². The lowest BCUT2D eigenvalue weighted by molar-refractivity contribution is -0.0103. The van der Waals surface area contributed by atoms with E-state index in [1.54, 1.807) is 4.90 Å². The number of carbonyl (C=O) groups excluding carboxylic acids is 1. The molecule has 0 aliphatic carbocycles. The van der Waals surface area contributed by atoms with E-state index in [0.717, 1.165) is 0 Å². The second kappa shape index (κ2) is 10.00. The van der Waals surface area contributed by atoms with E-state index in [1.165, 1.54) is 10.4 Å². The predicted molar refractivity (Wildman–Crippen MR) is 135 cm³/mol. The van der Waals surface area contributed by atoms with Crippen molar-refractivity contribution in [3.8, 4) is 0 Å². The lowest BCUT2D eigenvalue weighted by Gasteiger charge is -2.47. The highest BCUT2D eigenvalue weighted by molar-refractivity contribution is 6.99. The molecule has 1 fully saturated rings. The smallest absolute Gasteiger partial charge is 0.410 e. The van der Waals surface area contributed by atoms with Gasteiger partial charge in [0.05, 0.1) is 6.10 Å². The first-order valence-corrected chi connectivity index (χ1v) is 13.7. The van der Waals surface area contributed by atoms with Crippen molar-refractivity contribution >= 4 is 24.8 Å². The molecule has 1 heterocycles. The van der Waals surface area contributed by atoms with Crippen LogP contribution in [-0.4, -0.2) is 55.8 Å². The van der Waals surface area contributed by atoms with Crippen molar-refractivity contribution in [1.29, 1.82) is 0 Å². The first-order chi connectivity index (χ1) is 15.5. The second-order valence-electron chi connectivity index (χ2n) is 11.1. The van der Waals surface area contributed by atoms with Crippen LogP contribution >= 0.6 is 0 Å². The number of aliphatic hydroxyl groups is 1. The van der Waals surface area contributed by atoms with Crippen molar-refractivity contribution in [2.45, 2.75) is 64.7 Å². The van der Waals surface area contributed by atoms with Crippen LogP contribution < -0.4 is 10.4 Å². The Bertz CT molecular complexity index is 866. The quantitative estimate of drug-likeness (QED) is 0.668. The summed E-state index contributed by atoms with van der Waals surface area (Å²) < 4.78 is 12.9. The molecule has 1 aliphatic heterocycles. The van der Waals surface area contributed by atoms with Crippen molar-refractivity contribution < 1.29 is 19.1 Å². The molecule has 2 aromatic rings. The number of likely N-dealkylation sites (tertiary alicyclic amines) is 1. The standard InChI is InChI=1S/C27H39NO4Si/c1-26(2,3)31-25(30)28-18-21(20-29)17-22(19-28)32-33(27(4,5)6,23-13-9-7-10-14-23)24-15-11-8-12-16-24/h7-16,21-22,29H,17-20H2,1-6H3/t21-,22-/m1/s1. The van der Waals surface area contributed by atoms with Gasteiger partial charge in [0, 0.05) is 25.6 Å². The molecule has 2 atom stereocenters. The van der Waals surface area contributed by atoms with E-state index in [-0.39, 0.29) is 29.8 Å². The van der Waals surface area contributed by atoms with Crippen LogP contribution in [0.3, 0.4) is 0 Å². The second-order valence-corrected chi connectivity index (χ2v) is 15.3. The van der Waals surface area contributed by atoms with Gasteiger partial charge in [0.15, 0.2) is 0 Å². The monoisotopic (exact) mass is 469 g/mol. The van der Waals surface area contributed by atoms with Crippen LogP contribution in [0.1, 0.15) is 48.0 Å². The summed E-state index contributed by atoms with van der Waals surface area (Å²) in [5.41, 5.74) is -0.572. The van der Waals surface area contributed by atoms with E-state index in [1.807, 2.05) is 32.9 Å². The van der Waals surface area contributed by atoms with Gasteiger partial charge in [-0.25, -0.2) is 4.79 Å². The third-order valence-electron chi connectivity index (χ3n) is 6.17. The number of benzene rings is 2. The normalized spacial score (nSPS) is 19.9. The maximum Gasteiger partial charge on any atom is 0.410 e. The van der Waals surface area contributed by atoms with E-state index < -0.39 is 13.9 Å². The van der Waals surface area contributed by atoms with Gasteiger partial charge in [0.25, 0.3) is 8.32 Å². The maximum atomic E-state index is 12.9. The van der Waals surface area contributed by atoms with Gasteiger partial charge in [0.1, 0.15) is 5.60 Å². The zero-order valence-electron chi connectivity index (χ0n) is 20.9. The fourth-order valence-electron chi connectivity index (χ4n) is 4.79. The summed E-state index contributed by atoms with van der Waals surface area (Å²) in [6.07, 6.45) is 0.159. The fraction of sp³-hybridized carbons (Fsp3) is 0.519. The summed E-state index contributed by atoms with van der Waals surface area (Å²) in [4.78, 5) is 14.6. The fourth-order valence-corrected chi connectivity index (χ4v) is 9.47. The van der Waals surface area contributed by atoms with Crippen LogP contribution in [-0.2, 0) is 9.16 Å². The Morgan fingerprint density at radius 2 is 1.45 bits per heavy atom. The van der Waals surface area contributed by atoms with Crippen LogP contribution in [0.4, 0.5) is 4.79 Å². The van der Waals surface area contributed by atoms with Crippen molar-refractivity contribution in [1.82, 2.24) is 4.90 Å². The first kappa shape index (κ1) is 25.5. The van der Waals surface area contributed by atoms with Crippen molar-refractivity contribution in [3.63, 3.8) is 0 Å². The SMILES string of the molecule is CC(C)(C)OC(=O)N1C[C@H](CO)C[C@@H](O[Si](c2ccccc2)(c2ccccc2)C(C)(C)C)C1. The molecule has 1 N–H and O–H groups in total. The van der Waals surface area contributed by atoms with Gasteiger partial charge in [-0.2, -0.15) is 0 Å². The zero-order valence-corrected chi connectivity index (χ0v) is 21.9. The highest BCUT2D eigenvalue weighted by Crippen LogP contribution is 2.39. The minimum absolute atomic E-state index is 0.0138. The molecular formula is C27H39NO4Si. The molecule has 180 valence electrons. The molecular weight excluding hydrogens is 430 g/mol. The number of aliphatic hydroxyl groups excluding tert-OH is 1. The van der Waals surface area contributed by atoms with E-state index in [4.69, 9.17) is 9.16 Å². The molecule has 0 unspecified atom stereocenters. The number of carbonyl (C=O) groups is 1. The largest absolute Gasteiger partial charge is 0.444 e. The van der Waals surface area contributed by atoms with Gasteiger partial charge in [0.2, 0.25) is 0 Å². The van der Waals surface area contributed by atoms with Crippen molar-refractivity contribution in [2.75, 3.05) is 19.7 Å².